The molecule has 21 heavy (non-hydrogen) atoms. The number of thiophene rings is 1. The zero-order valence-corrected chi connectivity index (χ0v) is 14.4. The van der Waals surface area contributed by atoms with E-state index in [-0.39, 0.29) is 5.54 Å². The Bertz CT molecular complexity index is 438. The summed E-state index contributed by atoms with van der Waals surface area (Å²) in [6.45, 7) is 6.72. The van der Waals surface area contributed by atoms with Gasteiger partial charge in [0.15, 0.2) is 0 Å². The molecule has 3 rings (SSSR count). The first-order valence-electron chi connectivity index (χ1n) is 8.64. The number of nitrogens with zero attached hydrogens (tertiary/aromatic N) is 1. The summed E-state index contributed by atoms with van der Waals surface area (Å²) in [7, 11) is 0. The molecule has 2 aliphatic rings. The fraction of sp³-hybridized carbons (Fsp3) is 0.778. The van der Waals surface area contributed by atoms with Crippen LogP contribution in [0.25, 0.3) is 0 Å². The van der Waals surface area contributed by atoms with E-state index < -0.39 is 0 Å². The largest absolute Gasteiger partial charge is 0.329 e. The maximum atomic E-state index is 6.36. The lowest BCUT2D eigenvalue weighted by molar-refractivity contribution is 0.0133. The third-order valence-corrected chi connectivity index (χ3v) is 6.55. The summed E-state index contributed by atoms with van der Waals surface area (Å²) in [5.41, 5.74) is 6.62. The third kappa shape index (κ3) is 3.35. The molecule has 2 atom stereocenters. The first-order valence-corrected chi connectivity index (χ1v) is 9.52. The molecule has 0 aliphatic heterocycles. The second-order valence-corrected chi connectivity index (χ2v) is 8.50. The molecule has 2 saturated carbocycles. The molecule has 1 aromatic rings. The van der Waals surface area contributed by atoms with E-state index >= 15 is 0 Å². The van der Waals surface area contributed by atoms with Gasteiger partial charge in [-0.3, -0.25) is 4.90 Å². The molecule has 118 valence electrons. The van der Waals surface area contributed by atoms with Gasteiger partial charge in [-0.15, -0.1) is 11.3 Å². The van der Waals surface area contributed by atoms with Gasteiger partial charge in [0.1, 0.15) is 0 Å². The van der Waals surface area contributed by atoms with Crippen molar-refractivity contribution in [3.05, 3.63) is 22.4 Å². The van der Waals surface area contributed by atoms with Crippen LogP contribution in [0.3, 0.4) is 0 Å². The minimum Gasteiger partial charge on any atom is -0.329 e. The van der Waals surface area contributed by atoms with Crippen molar-refractivity contribution in [2.24, 2.45) is 17.6 Å². The number of rotatable bonds is 6. The van der Waals surface area contributed by atoms with Gasteiger partial charge in [-0.1, -0.05) is 32.8 Å². The highest BCUT2D eigenvalue weighted by atomic mass is 32.1. The van der Waals surface area contributed by atoms with Gasteiger partial charge >= 0.3 is 0 Å². The van der Waals surface area contributed by atoms with Crippen LogP contribution in [0, 0.1) is 11.8 Å². The van der Waals surface area contributed by atoms with E-state index in [1.54, 1.807) is 0 Å². The average molecular weight is 307 g/mol. The summed E-state index contributed by atoms with van der Waals surface area (Å²) in [5.74, 6) is 1.64. The van der Waals surface area contributed by atoms with E-state index in [9.17, 15) is 0 Å². The van der Waals surface area contributed by atoms with Crippen LogP contribution in [-0.2, 0) is 6.54 Å². The van der Waals surface area contributed by atoms with E-state index in [4.69, 9.17) is 5.73 Å². The van der Waals surface area contributed by atoms with E-state index in [0.717, 1.165) is 31.0 Å². The standard InChI is InChI=1S/C18H30N2S/c1-14(2)15-5-3-9-18(11-15,13-19)20(16-7-8-16)12-17-6-4-10-21-17/h4,6,10,14-16H,3,5,7-9,11-13,19H2,1-2H3. The van der Waals surface area contributed by atoms with Gasteiger partial charge in [-0.25, -0.2) is 0 Å². The monoisotopic (exact) mass is 306 g/mol. The van der Waals surface area contributed by atoms with Crippen molar-refractivity contribution in [1.82, 2.24) is 4.90 Å². The van der Waals surface area contributed by atoms with Gasteiger partial charge in [0, 0.05) is 29.5 Å². The van der Waals surface area contributed by atoms with Crippen molar-refractivity contribution in [2.75, 3.05) is 6.54 Å². The fourth-order valence-electron chi connectivity index (χ4n) is 4.16. The van der Waals surface area contributed by atoms with Crippen molar-refractivity contribution in [2.45, 2.75) is 70.5 Å². The topological polar surface area (TPSA) is 29.3 Å². The Morgan fingerprint density at radius 2 is 2.19 bits per heavy atom. The van der Waals surface area contributed by atoms with Gasteiger partial charge in [-0.2, -0.15) is 0 Å². The Morgan fingerprint density at radius 3 is 2.76 bits per heavy atom. The van der Waals surface area contributed by atoms with Crippen molar-refractivity contribution in [3.63, 3.8) is 0 Å². The van der Waals surface area contributed by atoms with Crippen LogP contribution in [-0.4, -0.2) is 23.0 Å². The molecular formula is C18H30N2S. The van der Waals surface area contributed by atoms with Crippen LogP contribution in [0.1, 0.15) is 57.2 Å². The molecule has 1 heterocycles. The molecule has 0 radical (unpaired) electrons. The van der Waals surface area contributed by atoms with E-state index in [1.807, 2.05) is 11.3 Å². The van der Waals surface area contributed by atoms with Gasteiger partial charge in [0.2, 0.25) is 0 Å². The third-order valence-electron chi connectivity index (χ3n) is 5.69. The lowest BCUT2D eigenvalue weighted by Gasteiger charge is -2.49. The van der Waals surface area contributed by atoms with E-state index in [0.29, 0.717) is 0 Å². The van der Waals surface area contributed by atoms with Gasteiger partial charge in [0.25, 0.3) is 0 Å². The Balaban J connectivity index is 1.80. The smallest absolute Gasteiger partial charge is 0.0341 e. The normalized spacial score (nSPS) is 30.2. The second-order valence-electron chi connectivity index (χ2n) is 7.47. The predicted octanol–water partition coefficient (Wildman–Crippen LogP) is 4.26. The van der Waals surface area contributed by atoms with Crippen molar-refractivity contribution in [3.8, 4) is 0 Å². The molecule has 0 bridgehead atoms. The molecule has 0 saturated heterocycles. The maximum absolute atomic E-state index is 6.36. The molecule has 3 heteroatoms. The van der Waals surface area contributed by atoms with Crippen molar-refractivity contribution >= 4 is 11.3 Å². The summed E-state index contributed by atoms with van der Waals surface area (Å²) >= 11 is 1.89. The molecule has 1 aromatic heterocycles. The molecule has 0 spiro atoms. The van der Waals surface area contributed by atoms with Gasteiger partial charge in [-0.05, 0) is 49.0 Å². The zero-order chi connectivity index (χ0) is 14.9. The molecule has 2 fully saturated rings. The minimum absolute atomic E-state index is 0.262. The highest BCUT2D eigenvalue weighted by Gasteiger charge is 2.46. The summed E-state index contributed by atoms with van der Waals surface area (Å²) < 4.78 is 0. The van der Waals surface area contributed by atoms with Crippen molar-refractivity contribution in [1.29, 1.82) is 0 Å². The van der Waals surface area contributed by atoms with Crippen LogP contribution in [0.15, 0.2) is 17.5 Å². The Hall–Kier alpha value is -0.380. The molecule has 2 unspecified atom stereocenters. The van der Waals surface area contributed by atoms with Crippen LogP contribution in [0.5, 0.6) is 0 Å². The summed E-state index contributed by atoms with van der Waals surface area (Å²) in [4.78, 5) is 4.30. The summed E-state index contributed by atoms with van der Waals surface area (Å²) in [6.07, 6.45) is 8.11. The number of hydrogen-bond acceptors (Lipinski definition) is 3. The van der Waals surface area contributed by atoms with Gasteiger partial charge < -0.3 is 5.73 Å². The van der Waals surface area contributed by atoms with Gasteiger partial charge in [0.05, 0.1) is 0 Å². The van der Waals surface area contributed by atoms with E-state index in [1.165, 1.54) is 43.4 Å². The second kappa shape index (κ2) is 6.39. The summed E-state index contributed by atoms with van der Waals surface area (Å²) in [6, 6.07) is 5.26. The SMILES string of the molecule is CC(C)C1CCCC(CN)(N(Cc2cccs2)C2CC2)C1. The first kappa shape index (κ1) is 15.5. The summed E-state index contributed by atoms with van der Waals surface area (Å²) in [5, 5.41) is 2.20. The van der Waals surface area contributed by atoms with E-state index in [2.05, 4.69) is 36.3 Å². The highest BCUT2D eigenvalue weighted by Crippen LogP contribution is 2.45. The first-order chi connectivity index (χ1) is 10.1. The average Bonchev–Trinajstić information content (AvgIpc) is 3.21. The van der Waals surface area contributed by atoms with Crippen molar-refractivity contribution < 1.29 is 0 Å². The molecule has 0 amide bonds. The number of hydrogen-bond donors (Lipinski definition) is 1. The van der Waals surface area contributed by atoms with Crippen LogP contribution in [0.2, 0.25) is 0 Å². The molecule has 2 N–H and O–H groups in total. The quantitative estimate of drug-likeness (QED) is 0.851. The fourth-order valence-corrected chi connectivity index (χ4v) is 4.86. The Labute approximate surface area is 133 Å². The van der Waals surface area contributed by atoms with Crippen LogP contribution >= 0.6 is 11.3 Å². The molecule has 0 aromatic carbocycles. The molecule has 2 nitrogen and oxygen atoms in total. The maximum Gasteiger partial charge on any atom is 0.0341 e. The number of nitrogens with two attached hydrogens (primary N) is 1. The van der Waals surface area contributed by atoms with Crippen LogP contribution in [0.4, 0.5) is 0 Å². The zero-order valence-electron chi connectivity index (χ0n) is 13.6. The lowest BCUT2D eigenvalue weighted by atomic mass is 9.70. The molecular weight excluding hydrogens is 276 g/mol. The molecule has 2 aliphatic carbocycles. The lowest BCUT2D eigenvalue weighted by Crippen LogP contribution is -2.57. The highest BCUT2D eigenvalue weighted by molar-refractivity contribution is 7.09. The Morgan fingerprint density at radius 1 is 1.38 bits per heavy atom. The van der Waals surface area contributed by atoms with Crippen LogP contribution < -0.4 is 5.73 Å². The Kier molecular flexibility index (Phi) is 4.72. The predicted molar refractivity (Wildman–Crippen MR) is 91.5 cm³/mol. The minimum atomic E-state index is 0.262.